The molecule has 0 atom stereocenters. The molecule has 2 rings (SSSR count). The highest BCUT2D eigenvalue weighted by Gasteiger charge is 2.19. The Morgan fingerprint density at radius 1 is 1.62 bits per heavy atom. The normalized spacial score (nSPS) is 10.4. The third-order valence-electron chi connectivity index (χ3n) is 2.11. The molecule has 0 unspecified atom stereocenters. The van der Waals surface area contributed by atoms with Gasteiger partial charge in [-0.3, -0.25) is 4.68 Å². The van der Waals surface area contributed by atoms with Crippen LogP contribution in [0.2, 0.25) is 0 Å². The molecule has 0 fully saturated rings. The minimum absolute atomic E-state index is 0.385. The maximum absolute atomic E-state index is 11.5. The van der Waals surface area contributed by atoms with Gasteiger partial charge in [0.1, 0.15) is 17.0 Å². The van der Waals surface area contributed by atoms with Crippen molar-refractivity contribution < 1.29 is 9.53 Å². The molecule has 16 heavy (non-hydrogen) atoms. The second-order valence-corrected chi connectivity index (χ2v) is 3.98. The van der Waals surface area contributed by atoms with Crippen LogP contribution < -0.4 is 5.73 Å². The van der Waals surface area contributed by atoms with Gasteiger partial charge in [0.2, 0.25) is 0 Å². The molecule has 2 aromatic heterocycles. The van der Waals surface area contributed by atoms with E-state index in [1.807, 2.05) is 0 Å². The molecule has 0 amide bonds. The first kappa shape index (κ1) is 10.6. The van der Waals surface area contributed by atoms with Gasteiger partial charge < -0.3 is 10.5 Å². The number of hydrogen-bond donors (Lipinski definition) is 1. The van der Waals surface area contributed by atoms with E-state index in [1.165, 1.54) is 24.6 Å². The quantitative estimate of drug-likeness (QED) is 0.786. The number of aryl methyl sites for hydroxylation is 1. The van der Waals surface area contributed by atoms with E-state index in [1.54, 1.807) is 17.1 Å². The number of anilines is 1. The van der Waals surface area contributed by atoms with E-state index in [-0.39, 0.29) is 0 Å². The third-order valence-corrected chi connectivity index (χ3v) is 2.78. The zero-order valence-corrected chi connectivity index (χ0v) is 9.61. The van der Waals surface area contributed by atoms with Crippen LogP contribution >= 0.6 is 11.3 Å². The molecule has 0 radical (unpaired) electrons. The van der Waals surface area contributed by atoms with Gasteiger partial charge in [-0.05, 0) is 0 Å². The van der Waals surface area contributed by atoms with Crippen molar-refractivity contribution >= 4 is 22.4 Å². The highest BCUT2D eigenvalue weighted by molar-refractivity contribution is 7.13. The first-order valence-electron chi connectivity index (χ1n) is 4.45. The summed E-state index contributed by atoms with van der Waals surface area (Å²) in [6, 6.07) is 0. The van der Waals surface area contributed by atoms with Gasteiger partial charge in [0.25, 0.3) is 0 Å². The van der Waals surface area contributed by atoms with E-state index in [9.17, 15) is 4.79 Å². The number of nitrogens with zero attached hydrogens (tertiary/aromatic N) is 3. The van der Waals surface area contributed by atoms with Crippen molar-refractivity contribution in [3.63, 3.8) is 0 Å². The summed E-state index contributed by atoms with van der Waals surface area (Å²) in [7, 11) is 3.06. The van der Waals surface area contributed by atoms with Gasteiger partial charge in [0.15, 0.2) is 5.13 Å². The number of nitrogen functional groups attached to an aromatic ring is 1. The lowest BCUT2D eigenvalue weighted by atomic mass is 10.2. The summed E-state index contributed by atoms with van der Waals surface area (Å²) in [5.41, 5.74) is 7.18. The van der Waals surface area contributed by atoms with Crippen molar-refractivity contribution in [3.8, 4) is 11.4 Å². The monoisotopic (exact) mass is 238 g/mol. The molecule has 0 spiro atoms. The molecule has 84 valence electrons. The Labute approximate surface area is 95.7 Å². The minimum Gasteiger partial charge on any atom is -0.465 e. The highest BCUT2D eigenvalue weighted by atomic mass is 32.1. The predicted molar refractivity (Wildman–Crippen MR) is 60.1 cm³/mol. The summed E-state index contributed by atoms with van der Waals surface area (Å²) in [4.78, 5) is 15.6. The second-order valence-electron chi connectivity index (χ2n) is 3.09. The van der Waals surface area contributed by atoms with Crippen LogP contribution in [-0.2, 0) is 11.8 Å². The molecule has 2 heterocycles. The van der Waals surface area contributed by atoms with Crippen molar-refractivity contribution in [2.75, 3.05) is 12.8 Å². The molecule has 2 N–H and O–H groups in total. The maximum atomic E-state index is 11.5. The van der Waals surface area contributed by atoms with Gasteiger partial charge in [-0.15, -0.1) is 11.3 Å². The molecule has 0 saturated carbocycles. The van der Waals surface area contributed by atoms with Crippen LogP contribution in [0.25, 0.3) is 11.4 Å². The van der Waals surface area contributed by atoms with Crippen molar-refractivity contribution in [3.05, 3.63) is 17.1 Å². The highest BCUT2D eigenvalue weighted by Crippen LogP contribution is 2.26. The van der Waals surface area contributed by atoms with Crippen molar-refractivity contribution in [2.24, 2.45) is 7.05 Å². The van der Waals surface area contributed by atoms with Crippen LogP contribution in [0.1, 0.15) is 10.4 Å². The van der Waals surface area contributed by atoms with E-state index in [0.717, 1.165) is 0 Å². The first-order chi connectivity index (χ1) is 7.63. The number of hydrogen-bond acceptors (Lipinski definition) is 6. The summed E-state index contributed by atoms with van der Waals surface area (Å²) in [5.74, 6) is -0.435. The van der Waals surface area contributed by atoms with E-state index in [4.69, 9.17) is 5.73 Å². The van der Waals surface area contributed by atoms with Gasteiger partial charge in [-0.1, -0.05) is 0 Å². The standard InChI is InChI=1S/C9H10N4O2S/c1-13-7(6-4-16-9(10)12-6)5(3-11-13)8(14)15-2/h3-4H,1-2H3,(H2,10,12). The number of rotatable bonds is 2. The Hall–Kier alpha value is -1.89. The number of esters is 1. The minimum atomic E-state index is -0.435. The topological polar surface area (TPSA) is 83.0 Å². The van der Waals surface area contributed by atoms with E-state index < -0.39 is 5.97 Å². The van der Waals surface area contributed by atoms with Gasteiger partial charge in [0, 0.05) is 12.4 Å². The first-order valence-corrected chi connectivity index (χ1v) is 5.33. The molecule has 0 saturated heterocycles. The fourth-order valence-corrected chi connectivity index (χ4v) is 1.94. The Morgan fingerprint density at radius 3 is 2.94 bits per heavy atom. The molecule has 0 aliphatic carbocycles. The fourth-order valence-electron chi connectivity index (χ4n) is 1.40. The largest absolute Gasteiger partial charge is 0.465 e. The lowest BCUT2D eigenvalue weighted by molar-refractivity contribution is 0.0601. The fraction of sp³-hybridized carbons (Fsp3) is 0.222. The summed E-state index contributed by atoms with van der Waals surface area (Å²) in [5, 5.41) is 6.24. The average Bonchev–Trinajstić information content (AvgIpc) is 2.83. The molecule has 0 aromatic carbocycles. The Balaban J connectivity index is 2.55. The van der Waals surface area contributed by atoms with Crippen LogP contribution in [0, 0.1) is 0 Å². The molecule has 0 bridgehead atoms. The van der Waals surface area contributed by atoms with Crippen LogP contribution in [0.4, 0.5) is 5.13 Å². The molecule has 0 aliphatic rings. The van der Waals surface area contributed by atoms with Crippen LogP contribution in [0.5, 0.6) is 0 Å². The molecule has 7 heteroatoms. The molecular formula is C9H10N4O2S. The summed E-state index contributed by atoms with van der Waals surface area (Å²) in [6.45, 7) is 0. The summed E-state index contributed by atoms with van der Waals surface area (Å²) in [6.07, 6.45) is 1.46. The third kappa shape index (κ3) is 1.65. The Morgan fingerprint density at radius 2 is 2.38 bits per heavy atom. The number of thiazole rings is 1. The van der Waals surface area contributed by atoms with E-state index in [2.05, 4.69) is 14.8 Å². The lowest BCUT2D eigenvalue weighted by Gasteiger charge is -2.01. The molecular weight excluding hydrogens is 228 g/mol. The van der Waals surface area contributed by atoms with E-state index in [0.29, 0.717) is 22.1 Å². The zero-order valence-electron chi connectivity index (χ0n) is 8.80. The van der Waals surface area contributed by atoms with Gasteiger partial charge >= 0.3 is 5.97 Å². The Bertz CT molecular complexity index is 531. The molecule has 0 aliphatic heterocycles. The second kappa shape index (κ2) is 3.93. The zero-order chi connectivity index (χ0) is 11.7. The Kier molecular flexibility index (Phi) is 2.61. The number of nitrogens with two attached hydrogens (primary N) is 1. The number of carbonyl (C=O) groups is 1. The number of methoxy groups -OCH3 is 1. The van der Waals surface area contributed by atoms with Gasteiger partial charge in [-0.25, -0.2) is 9.78 Å². The van der Waals surface area contributed by atoms with Crippen molar-refractivity contribution in [1.29, 1.82) is 0 Å². The van der Waals surface area contributed by atoms with Gasteiger partial charge in [0.05, 0.1) is 13.3 Å². The summed E-state index contributed by atoms with van der Waals surface area (Å²) >= 11 is 1.31. The number of carbonyl (C=O) groups excluding carboxylic acids is 1. The van der Waals surface area contributed by atoms with Crippen LogP contribution in [0.3, 0.4) is 0 Å². The summed E-state index contributed by atoms with van der Waals surface area (Å²) < 4.78 is 6.24. The smallest absolute Gasteiger partial charge is 0.341 e. The van der Waals surface area contributed by atoms with Gasteiger partial charge in [-0.2, -0.15) is 5.10 Å². The van der Waals surface area contributed by atoms with Crippen LogP contribution in [-0.4, -0.2) is 27.8 Å². The van der Waals surface area contributed by atoms with Crippen molar-refractivity contribution in [2.45, 2.75) is 0 Å². The number of aromatic nitrogens is 3. The molecule has 6 nitrogen and oxygen atoms in total. The van der Waals surface area contributed by atoms with E-state index >= 15 is 0 Å². The number of ether oxygens (including phenoxy) is 1. The average molecular weight is 238 g/mol. The predicted octanol–water partition coefficient (Wildman–Crippen LogP) is 0.912. The lowest BCUT2D eigenvalue weighted by Crippen LogP contribution is -2.04. The SMILES string of the molecule is COC(=O)c1cnn(C)c1-c1csc(N)n1. The van der Waals surface area contributed by atoms with Crippen molar-refractivity contribution in [1.82, 2.24) is 14.8 Å². The molecule has 2 aromatic rings. The van der Waals surface area contributed by atoms with Crippen LogP contribution in [0.15, 0.2) is 11.6 Å². The maximum Gasteiger partial charge on any atom is 0.341 e.